The van der Waals surface area contributed by atoms with Crippen molar-refractivity contribution >= 4 is 32.5 Å². The summed E-state index contributed by atoms with van der Waals surface area (Å²) in [6, 6.07) is 5.10. The lowest BCUT2D eigenvalue weighted by molar-refractivity contribution is 0.102. The van der Waals surface area contributed by atoms with E-state index in [2.05, 4.69) is 15.9 Å². The maximum absolute atomic E-state index is 12.0. The van der Waals surface area contributed by atoms with Crippen molar-refractivity contribution in [3.05, 3.63) is 28.2 Å². The molecule has 0 heterocycles. The molecule has 0 bridgehead atoms. The number of halogens is 1. The molecule has 3 nitrogen and oxygen atoms in total. The first-order chi connectivity index (χ1) is 8.25. The molecule has 100 valence electrons. The fraction of sp³-hybridized carbons (Fsp3) is 0.462. The summed E-state index contributed by atoms with van der Waals surface area (Å²) in [5, 5.41) is 0. The molecule has 1 aromatic carbocycles. The van der Waals surface area contributed by atoms with Crippen LogP contribution in [0.25, 0.3) is 0 Å². The van der Waals surface area contributed by atoms with Crippen LogP contribution in [0.4, 0.5) is 0 Å². The van der Waals surface area contributed by atoms with Gasteiger partial charge in [-0.15, -0.1) is 0 Å². The Labute approximate surface area is 119 Å². The van der Waals surface area contributed by atoms with Gasteiger partial charge in [-0.3, -0.25) is 9.00 Å². The number of hydrogen-bond acceptors (Lipinski definition) is 3. The summed E-state index contributed by atoms with van der Waals surface area (Å²) < 4.78 is 17.4. The number of methoxy groups -OCH3 is 1. The highest BCUT2D eigenvalue weighted by Crippen LogP contribution is 2.26. The number of carbonyl (C=O) groups excluding carboxylic acids is 1. The lowest BCUT2D eigenvalue weighted by Gasteiger charge is -2.17. The van der Waals surface area contributed by atoms with Gasteiger partial charge in [-0.25, -0.2) is 0 Å². The Kier molecular flexibility index (Phi) is 5.10. The fourth-order valence-electron chi connectivity index (χ4n) is 1.26. The van der Waals surface area contributed by atoms with E-state index in [-0.39, 0.29) is 16.3 Å². The first-order valence-electron chi connectivity index (χ1n) is 5.51. The monoisotopic (exact) mass is 332 g/mol. The molecule has 0 saturated heterocycles. The van der Waals surface area contributed by atoms with Gasteiger partial charge >= 0.3 is 0 Å². The van der Waals surface area contributed by atoms with Gasteiger partial charge in [0.1, 0.15) is 5.75 Å². The molecular weight excluding hydrogens is 316 g/mol. The van der Waals surface area contributed by atoms with E-state index in [4.69, 9.17) is 4.74 Å². The van der Waals surface area contributed by atoms with Gasteiger partial charge in [-0.1, -0.05) is 0 Å². The van der Waals surface area contributed by atoms with E-state index in [0.29, 0.717) is 11.3 Å². The Balaban J connectivity index is 2.86. The Morgan fingerprint density at radius 3 is 2.44 bits per heavy atom. The Morgan fingerprint density at radius 2 is 2.00 bits per heavy atom. The third kappa shape index (κ3) is 3.92. The van der Waals surface area contributed by atoms with Crippen LogP contribution in [0, 0.1) is 0 Å². The third-order valence-electron chi connectivity index (χ3n) is 2.42. The molecule has 1 atom stereocenters. The summed E-state index contributed by atoms with van der Waals surface area (Å²) in [5.41, 5.74) is 0.542. The molecule has 5 heteroatoms. The zero-order valence-corrected chi connectivity index (χ0v) is 13.4. The molecule has 1 aromatic rings. The van der Waals surface area contributed by atoms with E-state index >= 15 is 0 Å². The second-order valence-corrected chi connectivity index (χ2v) is 7.93. The topological polar surface area (TPSA) is 43.4 Å². The van der Waals surface area contributed by atoms with E-state index < -0.39 is 10.8 Å². The van der Waals surface area contributed by atoms with Crippen molar-refractivity contribution in [2.45, 2.75) is 25.5 Å². The molecule has 0 aromatic heterocycles. The molecule has 0 aliphatic heterocycles. The smallest absolute Gasteiger partial charge is 0.175 e. The van der Waals surface area contributed by atoms with Gasteiger partial charge in [0.05, 0.1) is 17.3 Å². The largest absolute Gasteiger partial charge is 0.496 e. The summed E-state index contributed by atoms with van der Waals surface area (Å²) in [5.74, 6) is 0.595. The minimum Gasteiger partial charge on any atom is -0.496 e. The highest BCUT2D eigenvalue weighted by molar-refractivity contribution is 9.10. The van der Waals surface area contributed by atoms with Crippen LogP contribution in [0.3, 0.4) is 0 Å². The Hall–Kier alpha value is -0.680. The molecular formula is C13H17BrO3S. The quantitative estimate of drug-likeness (QED) is 0.795. The van der Waals surface area contributed by atoms with Crippen LogP contribution in [0.2, 0.25) is 0 Å². The van der Waals surface area contributed by atoms with Gasteiger partial charge in [0.2, 0.25) is 0 Å². The molecule has 0 radical (unpaired) electrons. The van der Waals surface area contributed by atoms with E-state index in [1.54, 1.807) is 25.3 Å². The summed E-state index contributed by atoms with van der Waals surface area (Å²) in [6.07, 6.45) is 0. The van der Waals surface area contributed by atoms with Crippen LogP contribution in [0.15, 0.2) is 22.7 Å². The summed E-state index contributed by atoms with van der Waals surface area (Å²) >= 11 is 3.33. The number of ketones is 1. The normalized spacial score (nSPS) is 13.2. The van der Waals surface area contributed by atoms with Gasteiger partial charge in [-0.2, -0.15) is 0 Å². The van der Waals surface area contributed by atoms with Crippen molar-refractivity contribution in [3.63, 3.8) is 0 Å². The molecule has 1 rings (SSSR count). The van der Waals surface area contributed by atoms with E-state index in [9.17, 15) is 9.00 Å². The molecule has 18 heavy (non-hydrogen) atoms. The minimum absolute atomic E-state index is 0.0439. The lowest BCUT2D eigenvalue weighted by Crippen LogP contribution is -2.27. The molecule has 0 aliphatic carbocycles. The zero-order chi connectivity index (χ0) is 13.9. The summed E-state index contributed by atoms with van der Waals surface area (Å²) in [6.45, 7) is 5.58. The number of carbonyl (C=O) groups is 1. The van der Waals surface area contributed by atoms with E-state index in [1.807, 2.05) is 20.8 Å². The average molecular weight is 333 g/mol. The van der Waals surface area contributed by atoms with E-state index in [1.165, 1.54) is 0 Å². The highest BCUT2D eigenvalue weighted by atomic mass is 79.9. The maximum atomic E-state index is 12.0. The predicted octanol–water partition coefficient (Wildman–Crippen LogP) is 3.19. The van der Waals surface area contributed by atoms with Crippen LogP contribution in [-0.4, -0.2) is 27.6 Å². The number of ether oxygens (including phenoxy) is 1. The highest BCUT2D eigenvalue weighted by Gasteiger charge is 2.22. The standard InChI is InChI=1S/C13H17BrO3S/c1-13(2,3)18(16)8-11(15)9-5-6-12(17-4)10(14)7-9/h5-7H,8H2,1-4H3. The molecule has 0 spiro atoms. The molecule has 0 N–H and O–H groups in total. The Bertz CT molecular complexity index is 478. The Morgan fingerprint density at radius 1 is 1.39 bits per heavy atom. The van der Waals surface area contributed by atoms with Gasteiger partial charge in [-0.05, 0) is 54.9 Å². The van der Waals surface area contributed by atoms with Crippen LogP contribution < -0.4 is 4.74 Å². The predicted molar refractivity (Wildman–Crippen MR) is 77.8 cm³/mol. The summed E-state index contributed by atoms with van der Waals surface area (Å²) in [7, 11) is 0.388. The van der Waals surface area contributed by atoms with Crippen LogP contribution in [0.5, 0.6) is 5.75 Å². The van der Waals surface area contributed by atoms with Gasteiger partial charge in [0, 0.05) is 21.1 Å². The van der Waals surface area contributed by atoms with Crippen molar-refractivity contribution in [2.24, 2.45) is 0 Å². The van der Waals surface area contributed by atoms with Crippen molar-refractivity contribution in [1.29, 1.82) is 0 Å². The maximum Gasteiger partial charge on any atom is 0.175 e. The first kappa shape index (κ1) is 15.4. The third-order valence-corrected chi connectivity index (χ3v) is 4.93. The fourth-order valence-corrected chi connectivity index (χ4v) is 2.64. The van der Waals surface area contributed by atoms with E-state index in [0.717, 1.165) is 4.47 Å². The summed E-state index contributed by atoms with van der Waals surface area (Å²) in [4.78, 5) is 12.0. The SMILES string of the molecule is COc1ccc(C(=O)CS(=O)C(C)(C)C)cc1Br. The minimum atomic E-state index is -1.18. The van der Waals surface area contributed by atoms with Crippen LogP contribution >= 0.6 is 15.9 Å². The second kappa shape index (κ2) is 5.97. The van der Waals surface area contributed by atoms with Crippen LogP contribution in [-0.2, 0) is 10.8 Å². The molecule has 0 saturated carbocycles. The van der Waals surface area contributed by atoms with Gasteiger partial charge in [0.25, 0.3) is 0 Å². The van der Waals surface area contributed by atoms with Crippen LogP contribution in [0.1, 0.15) is 31.1 Å². The number of Topliss-reactive ketones (excluding diaryl/α,β-unsaturated/α-hetero) is 1. The molecule has 1 unspecified atom stereocenters. The zero-order valence-electron chi connectivity index (χ0n) is 11.0. The lowest BCUT2D eigenvalue weighted by atomic mass is 10.1. The van der Waals surface area contributed by atoms with Gasteiger partial charge in [0.15, 0.2) is 5.78 Å². The van der Waals surface area contributed by atoms with Crippen molar-refractivity contribution in [2.75, 3.05) is 12.9 Å². The number of hydrogen-bond donors (Lipinski definition) is 0. The van der Waals surface area contributed by atoms with Crippen molar-refractivity contribution in [1.82, 2.24) is 0 Å². The van der Waals surface area contributed by atoms with Gasteiger partial charge < -0.3 is 4.74 Å². The first-order valence-corrected chi connectivity index (χ1v) is 7.62. The molecule has 0 aliphatic rings. The second-order valence-electron chi connectivity index (χ2n) is 4.87. The average Bonchev–Trinajstić information content (AvgIpc) is 2.27. The number of benzene rings is 1. The van der Waals surface area contributed by atoms with Crippen molar-refractivity contribution < 1.29 is 13.7 Å². The van der Waals surface area contributed by atoms with Crippen molar-refractivity contribution in [3.8, 4) is 5.75 Å². The number of rotatable bonds is 4. The molecule has 0 amide bonds. The molecule has 0 fully saturated rings.